The first-order valence-electron chi connectivity index (χ1n) is 25.9. The number of carbonyl (C=O) groups is 5. The molecule has 0 radical (unpaired) electrons. The van der Waals surface area contributed by atoms with Gasteiger partial charge >= 0.3 is 23.9 Å². The van der Waals surface area contributed by atoms with E-state index in [2.05, 4.69) is 27.7 Å². The van der Waals surface area contributed by atoms with Gasteiger partial charge in [-0.3, -0.25) is 19.2 Å². The van der Waals surface area contributed by atoms with Crippen molar-refractivity contribution >= 4 is 30.2 Å². The van der Waals surface area contributed by atoms with Crippen LogP contribution in [0.15, 0.2) is 0 Å². The van der Waals surface area contributed by atoms with Crippen molar-refractivity contribution in [3.8, 4) is 0 Å². The van der Waals surface area contributed by atoms with Gasteiger partial charge in [0.1, 0.15) is 6.29 Å². The Kier molecular flexibility index (Phi) is 55.3. The van der Waals surface area contributed by atoms with E-state index < -0.39 is 0 Å². The summed E-state index contributed by atoms with van der Waals surface area (Å²) in [5.41, 5.74) is 0. The molecule has 0 rings (SSSR count). The number of unbranched alkanes of at least 4 members (excludes halogenated alkanes) is 19. The van der Waals surface area contributed by atoms with Crippen LogP contribution in [0.5, 0.6) is 0 Å². The zero-order chi connectivity index (χ0) is 47.4. The molecule has 0 aromatic rings. The Morgan fingerprint density at radius 3 is 1.19 bits per heavy atom. The lowest BCUT2D eigenvalue weighted by Crippen LogP contribution is -2.22. The summed E-state index contributed by atoms with van der Waals surface area (Å²) < 4.78 is 21.4. The molecule has 0 aromatic heterocycles. The highest BCUT2D eigenvalue weighted by atomic mass is 16.5. The summed E-state index contributed by atoms with van der Waals surface area (Å²) in [6.45, 7) is 13.8. The summed E-state index contributed by atoms with van der Waals surface area (Å²) in [5.74, 6) is -0.473. The van der Waals surface area contributed by atoms with Crippen molar-refractivity contribution in [2.24, 2.45) is 11.8 Å². The predicted molar refractivity (Wildman–Crippen MR) is 259 cm³/mol. The Morgan fingerprint density at radius 1 is 0.444 bits per heavy atom. The second kappa shape index (κ2) is 53.8. The van der Waals surface area contributed by atoms with Gasteiger partial charge in [0.15, 0.2) is 0 Å². The van der Waals surface area contributed by atoms with E-state index in [1.165, 1.54) is 103 Å². The Bertz CT molecular complexity index is 1010. The van der Waals surface area contributed by atoms with Crippen molar-refractivity contribution in [2.45, 2.75) is 240 Å². The summed E-state index contributed by atoms with van der Waals surface area (Å²) in [5, 5.41) is 7.00. The molecule has 374 valence electrons. The highest BCUT2D eigenvalue weighted by molar-refractivity contribution is 5.73. The normalized spacial score (nSPS) is 11.7. The molecule has 11 nitrogen and oxygen atoms in total. The number of hydrogen-bond donors (Lipinski definition) is 1. The zero-order valence-corrected chi connectivity index (χ0v) is 42.2. The van der Waals surface area contributed by atoms with E-state index in [-0.39, 0.29) is 48.9 Å². The maximum Gasteiger partial charge on any atom is 0.308 e. The van der Waals surface area contributed by atoms with Crippen LogP contribution >= 0.6 is 0 Å². The Labute approximate surface area is 387 Å². The van der Waals surface area contributed by atoms with Gasteiger partial charge in [-0.1, -0.05) is 163 Å². The molecule has 0 fully saturated rings. The fourth-order valence-corrected chi connectivity index (χ4v) is 7.04. The number of nitrogens with zero attached hydrogens (tertiary/aromatic N) is 1. The molecular weight excluding hydrogens is 799 g/mol. The third-order valence-corrected chi connectivity index (χ3v) is 11.3. The van der Waals surface area contributed by atoms with Gasteiger partial charge in [0.05, 0.1) is 44.7 Å². The molecule has 0 aliphatic heterocycles. The SMILES string of the molecule is CCCCCCCCC(CCCCCC)C(=O)OCCCCC(=O)OCCCOC(=O)CCN(C)CC.CCCCCCCCC(CCCCCC)C(=O)OCCCCC=O.CO. The molecule has 63 heavy (non-hydrogen) atoms. The van der Waals surface area contributed by atoms with Gasteiger partial charge in [-0.15, -0.1) is 0 Å². The van der Waals surface area contributed by atoms with Crippen LogP contribution in [0.2, 0.25) is 0 Å². The summed E-state index contributed by atoms with van der Waals surface area (Å²) >= 11 is 0. The van der Waals surface area contributed by atoms with Crippen molar-refractivity contribution in [3.63, 3.8) is 0 Å². The van der Waals surface area contributed by atoms with E-state index in [9.17, 15) is 24.0 Å². The lowest BCUT2D eigenvalue weighted by Gasteiger charge is -2.16. The van der Waals surface area contributed by atoms with Crippen molar-refractivity contribution < 1.29 is 48.0 Å². The second-order valence-corrected chi connectivity index (χ2v) is 17.1. The fourth-order valence-electron chi connectivity index (χ4n) is 7.04. The average molecular weight is 900 g/mol. The highest BCUT2D eigenvalue weighted by Gasteiger charge is 2.20. The lowest BCUT2D eigenvalue weighted by molar-refractivity contribution is -0.150. The van der Waals surface area contributed by atoms with E-state index >= 15 is 0 Å². The topological polar surface area (TPSA) is 146 Å². The largest absolute Gasteiger partial charge is 0.466 e. The number of aliphatic hydroxyl groups is 1. The molecule has 2 atom stereocenters. The number of carbonyl (C=O) groups excluding carboxylic acids is 5. The molecule has 0 amide bonds. The molecule has 0 bridgehead atoms. The van der Waals surface area contributed by atoms with E-state index in [4.69, 9.17) is 24.1 Å². The first kappa shape index (κ1) is 64.8. The van der Waals surface area contributed by atoms with Gasteiger partial charge in [0, 0.05) is 32.9 Å². The number of aliphatic hydroxyl groups excluding tert-OH is 1. The number of hydrogen-bond acceptors (Lipinski definition) is 11. The van der Waals surface area contributed by atoms with Gasteiger partial charge in [-0.2, -0.15) is 0 Å². The van der Waals surface area contributed by atoms with Crippen LogP contribution in [-0.4, -0.2) is 93.8 Å². The molecule has 1 N–H and O–H groups in total. The average Bonchev–Trinajstić information content (AvgIpc) is 3.29. The van der Waals surface area contributed by atoms with Crippen LogP contribution in [0.3, 0.4) is 0 Å². The number of esters is 4. The third kappa shape index (κ3) is 48.8. The second-order valence-electron chi connectivity index (χ2n) is 17.1. The molecule has 0 heterocycles. The molecule has 0 aliphatic rings. The van der Waals surface area contributed by atoms with E-state index in [0.29, 0.717) is 58.3 Å². The molecular formula is C52H101NO10. The van der Waals surface area contributed by atoms with Crippen LogP contribution < -0.4 is 0 Å². The number of rotatable bonds is 44. The van der Waals surface area contributed by atoms with E-state index in [1.54, 1.807) is 0 Å². The summed E-state index contributed by atoms with van der Waals surface area (Å²) in [4.78, 5) is 60.8. The summed E-state index contributed by atoms with van der Waals surface area (Å²) in [6, 6.07) is 0. The highest BCUT2D eigenvalue weighted by Crippen LogP contribution is 2.22. The Hall–Kier alpha value is -2.53. The molecule has 0 saturated heterocycles. The molecule has 2 unspecified atom stereocenters. The quantitative estimate of drug-likeness (QED) is 0.0270. The molecule has 11 heteroatoms. The monoisotopic (exact) mass is 900 g/mol. The zero-order valence-electron chi connectivity index (χ0n) is 42.2. The van der Waals surface area contributed by atoms with Crippen molar-refractivity contribution in [1.82, 2.24) is 4.90 Å². The van der Waals surface area contributed by atoms with Crippen LogP contribution in [0.25, 0.3) is 0 Å². The van der Waals surface area contributed by atoms with Gasteiger partial charge < -0.3 is 33.7 Å². The first-order valence-corrected chi connectivity index (χ1v) is 25.9. The summed E-state index contributed by atoms with van der Waals surface area (Å²) in [7, 11) is 2.96. The summed E-state index contributed by atoms with van der Waals surface area (Å²) in [6.07, 6.45) is 33.8. The number of ether oxygens (including phenoxy) is 4. The molecule has 0 saturated carbocycles. The van der Waals surface area contributed by atoms with Gasteiger partial charge in [-0.05, 0) is 65.0 Å². The minimum absolute atomic E-state index is 0.00819. The van der Waals surface area contributed by atoms with Crippen molar-refractivity contribution in [3.05, 3.63) is 0 Å². The van der Waals surface area contributed by atoms with Gasteiger partial charge in [0.2, 0.25) is 0 Å². The van der Waals surface area contributed by atoms with Crippen LogP contribution in [-0.2, 0) is 42.9 Å². The smallest absolute Gasteiger partial charge is 0.308 e. The first-order chi connectivity index (χ1) is 30.7. The van der Waals surface area contributed by atoms with Crippen LogP contribution in [0.1, 0.15) is 240 Å². The Morgan fingerprint density at radius 2 is 0.794 bits per heavy atom. The fraction of sp³-hybridized carbons (Fsp3) is 0.904. The maximum atomic E-state index is 12.7. The predicted octanol–water partition coefficient (Wildman–Crippen LogP) is 12.7. The van der Waals surface area contributed by atoms with Crippen molar-refractivity contribution in [2.75, 3.05) is 53.7 Å². The van der Waals surface area contributed by atoms with Crippen LogP contribution in [0.4, 0.5) is 0 Å². The lowest BCUT2D eigenvalue weighted by atomic mass is 9.94. The Balaban J connectivity index is -0.00000119. The maximum absolute atomic E-state index is 12.7. The van der Waals surface area contributed by atoms with Gasteiger partial charge in [-0.25, -0.2) is 0 Å². The van der Waals surface area contributed by atoms with Crippen LogP contribution in [0, 0.1) is 11.8 Å². The van der Waals surface area contributed by atoms with Crippen molar-refractivity contribution in [1.29, 1.82) is 0 Å². The van der Waals surface area contributed by atoms with Gasteiger partial charge in [0.25, 0.3) is 0 Å². The molecule has 0 aliphatic carbocycles. The molecule has 0 spiro atoms. The third-order valence-electron chi connectivity index (χ3n) is 11.3. The minimum atomic E-state index is -0.265. The number of aldehydes is 1. The van der Waals surface area contributed by atoms with E-state index in [0.717, 1.165) is 84.1 Å². The standard InChI is InChI=1S/C30H57NO6.C21H40O3.CH4O/c1-5-8-10-12-13-15-20-27(19-14-11-9-6-2)30(34)37-24-17-16-21-28(32)35-25-18-26-36-29(33)22-23-31(4)7-3;1-3-5-7-9-10-13-17-20(16-12-8-6-4-2)21(23)24-19-15-11-14-18-22;1-2/h27H,5-26H2,1-4H3;18,20H,3-17,19H2,1-2H3;2H,1H3. The minimum Gasteiger partial charge on any atom is -0.466 e. The van der Waals surface area contributed by atoms with E-state index in [1.807, 2.05) is 18.9 Å². The molecule has 0 aromatic carbocycles.